The third-order valence-electron chi connectivity index (χ3n) is 2.81. The quantitative estimate of drug-likeness (QED) is 0.330. The molecule has 4 heteroatoms. The second kappa shape index (κ2) is 6.27. The summed E-state index contributed by atoms with van der Waals surface area (Å²) in [5, 5.41) is 0. The van der Waals surface area contributed by atoms with Crippen molar-refractivity contribution in [2.24, 2.45) is 5.92 Å². The molecule has 0 radical (unpaired) electrons. The van der Waals surface area contributed by atoms with E-state index in [1.54, 1.807) is 19.1 Å². The third-order valence-corrected chi connectivity index (χ3v) is 2.81. The normalized spacial score (nSPS) is 27.8. The molecular formula is C15H18O4. The van der Waals surface area contributed by atoms with Crippen LogP contribution < -0.4 is 0 Å². The van der Waals surface area contributed by atoms with E-state index >= 15 is 0 Å². The van der Waals surface area contributed by atoms with Crippen molar-refractivity contribution in [1.29, 1.82) is 0 Å². The SMILES string of the molecule is CC=CC(=O)C1C(=O)OC(C)(C=CC=CCC)C1=O. The van der Waals surface area contributed by atoms with E-state index < -0.39 is 29.1 Å². The van der Waals surface area contributed by atoms with Crippen LogP contribution in [0.1, 0.15) is 27.2 Å². The molecule has 1 rings (SSSR count). The number of cyclic esters (lactones) is 1. The highest BCUT2D eigenvalue weighted by Gasteiger charge is 2.53. The summed E-state index contributed by atoms with van der Waals surface area (Å²) in [5.41, 5.74) is -1.35. The Balaban J connectivity index is 2.93. The molecule has 0 saturated carbocycles. The molecule has 1 aliphatic heterocycles. The fourth-order valence-electron chi connectivity index (χ4n) is 1.79. The van der Waals surface area contributed by atoms with Crippen molar-refractivity contribution in [3.05, 3.63) is 36.5 Å². The number of ketones is 2. The van der Waals surface area contributed by atoms with E-state index in [1.807, 2.05) is 13.0 Å². The second-order valence-electron chi connectivity index (χ2n) is 4.42. The van der Waals surface area contributed by atoms with Gasteiger partial charge in [0.15, 0.2) is 17.3 Å². The maximum absolute atomic E-state index is 12.1. The molecule has 1 saturated heterocycles. The maximum atomic E-state index is 12.1. The first-order valence-corrected chi connectivity index (χ1v) is 6.24. The van der Waals surface area contributed by atoms with Gasteiger partial charge < -0.3 is 4.74 Å². The first kappa shape index (κ1) is 15.1. The number of esters is 1. The molecule has 1 heterocycles. The highest BCUT2D eigenvalue weighted by Crippen LogP contribution is 2.29. The fraction of sp³-hybridized carbons (Fsp3) is 0.400. The van der Waals surface area contributed by atoms with Crippen LogP contribution in [0.15, 0.2) is 36.5 Å². The van der Waals surface area contributed by atoms with Gasteiger partial charge in [-0.15, -0.1) is 0 Å². The van der Waals surface area contributed by atoms with E-state index in [-0.39, 0.29) is 0 Å². The van der Waals surface area contributed by atoms with Gasteiger partial charge in [0.05, 0.1) is 0 Å². The number of allylic oxidation sites excluding steroid dienone is 5. The van der Waals surface area contributed by atoms with Gasteiger partial charge in [-0.1, -0.05) is 31.2 Å². The Morgan fingerprint density at radius 2 is 2.05 bits per heavy atom. The Morgan fingerprint density at radius 1 is 1.37 bits per heavy atom. The molecule has 0 aromatic rings. The summed E-state index contributed by atoms with van der Waals surface area (Å²) in [6, 6.07) is 0. The lowest BCUT2D eigenvalue weighted by molar-refractivity contribution is -0.148. The number of rotatable bonds is 5. The standard InChI is InChI=1S/C15H18O4/c1-4-6-7-8-10-15(3)13(17)12(14(18)19-15)11(16)9-5-2/h5-10,12H,4H2,1-3H3. The molecule has 102 valence electrons. The Hall–Kier alpha value is -1.97. The molecule has 0 N–H and O–H groups in total. The average Bonchev–Trinajstić information content (AvgIpc) is 2.56. The van der Waals surface area contributed by atoms with Crippen LogP contribution in [0.3, 0.4) is 0 Å². The molecule has 0 aromatic heterocycles. The smallest absolute Gasteiger partial charge is 0.325 e. The lowest BCUT2D eigenvalue weighted by Crippen LogP contribution is -2.33. The molecule has 0 amide bonds. The number of carbonyl (C=O) groups excluding carboxylic acids is 3. The van der Waals surface area contributed by atoms with Crippen LogP contribution in [-0.2, 0) is 19.1 Å². The number of Topliss-reactive ketones (excluding diaryl/α,β-unsaturated/α-hetero) is 1. The predicted molar refractivity (Wildman–Crippen MR) is 71.4 cm³/mol. The molecule has 0 spiro atoms. The van der Waals surface area contributed by atoms with Crippen molar-refractivity contribution in [1.82, 2.24) is 0 Å². The lowest BCUT2D eigenvalue weighted by Gasteiger charge is -2.15. The molecule has 4 nitrogen and oxygen atoms in total. The van der Waals surface area contributed by atoms with Gasteiger partial charge >= 0.3 is 5.97 Å². The van der Waals surface area contributed by atoms with E-state index in [0.29, 0.717) is 0 Å². The highest BCUT2D eigenvalue weighted by molar-refractivity contribution is 6.26. The lowest BCUT2D eigenvalue weighted by atomic mass is 9.90. The molecule has 19 heavy (non-hydrogen) atoms. The number of hydrogen-bond donors (Lipinski definition) is 0. The summed E-state index contributed by atoms with van der Waals surface area (Å²) in [5.74, 6) is -3.15. The largest absolute Gasteiger partial charge is 0.446 e. The summed E-state index contributed by atoms with van der Waals surface area (Å²) in [6.45, 7) is 5.13. The molecule has 2 unspecified atom stereocenters. The van der Waals surface area contributed by atoms with Crippen molar-refractivity contribution in [3.63, 3.8) is 0 Å². The van der Waals surface area contributed by atoms with Crippen molar-refractivity contribution in [2.75, 3.05) is 0 Å². The first-order chi connectivity index (χ1) is 8.96. The van der Waals surface area contributed by atoms with Crippen molar-refractivity contribution in [3.8, 4) is 0 Å². The van der Waals surface area contributed by atoms with Crippen LogP contribution >= 0.6 is 0 Å². The second-order valence-corrected chi connectivity index (χ2v) is 4.42. The number of hydrogen-bond acceptors (Lipinski definition) is 4. The van der Waals surface area contributed by atoms with Gasteiger partial charge in [-0.25, -0.2) is 0 Å². The minimum atomic E-state index is -1.35. The third kappa shape index (κ3) is 3.28. The molecule has 1 fully saturated rings. The van der Waals surface area contributed by atoms with Gasteiger partial charge in [0.1, 0.15) is 0 Å². The average molecular weight is 262 g/mol. The van der Waals surface area contributed by atoms with Crippen molar-refractivity contribution >= 4 is 17.5 Å². The molecular weight excluding hydrogens is 244 g/mol. The summed E-state index contributed by atoms with van der Waals surface area (Å²) in [7, 11) is 0. The highest BCUT2D eigenvalue weighted by atomic mass is 16.6. The Kier molecular flexibility index (Phi) is 4.98. The topological polar surface area (TPSA) is 60.4 Å². The van der Waals surface area contributed by atoms with Crippen LogP contribution in [-0.4, -0.2) is 23.1 Å². The molecule has 2 atom stereocenters. The Labute approximate surface area is 112 Å². The van der Waals surface area contributed by atoms with Crippen LogP contribution in [0.25, 0.3) is 0 Å². The van der Waals surface area contributed by atoms with Crippen LogP contribution in [0.4, 0.5) is 0 Å². The van der Waals surface area contributed by atoms with E-state index in [2.05, 4.69) is 0 Å². The van der Waals surface area contributed by atoms with Crippen LogP contribution in [0.2, 0.25) is 0 Å². The zero-order chi connectivity index (χ0) is 14.5. The Morgan fingerprint density at radius 3 is 2.63 bits per heavy atom. The zero-order valence-corrected chi connectivity index (χ0v) is 11.4. The van der Waals surface area contributed by atoms with Gasteiger partial charge in [0, 0.05) is 0 Å². The van der Waals surface area contributed by atoms with Gasteiger partial charge in [-0.2, -0.15) is 0 Å². The van der Waals surface area contributed by atoms with Crippen molar-refractivity contribution in [2.45, 2.75) is 32.8 Å². The molecule has 0 aliphatic carbocycles. The summed E-state index contributed by atoms with van der Waals surface area (Å²) >= 11 is 0. The number of ether oxygens (including phenoxy) is 1. The molecule has 1 aliphatic rings. The fourth-order valence-corrected chi connectivity index (χ4v) is 1.79. The summed E-state index contributed by atoms with van der Waals surface area (Å²) in [6.07, 6.45) is 10.4. The summed E-state index contributed by atoms with van der Waals surface area (Å²) < 4.78 is 5.06. The zero-order valence-electron chi connectivity index (χ0n) is 11.4. The minimum Gasteiger partial charge on any atom is -0.446 e. The van der Waals surface area contributed by atoms with Gasteiger partial charge in [0.2, 0.25) is 5.78 Å². The monoisotopic (exact) mass is 262 g/mol. The van der Waals surface area contributed by atoms with Gasteiger partial charge in [-0.3, -0.25) is 14.4 Å². The first-order valence-electron chi connectivity index (χ1n) is 6.24. The number of carbonyl (C=O) groups is 3. The van der Waals surface area contributed by atoms with Gasteiger partial charge in [0.25, 0.3) is 0 Å². The maximum Gasteiger partial charge on any atom is 0.325 e. The van der Waals surface area contributed by atoms with Crippen LogP contribution in [0.5, 0.6) is 0 Å². The van der Waals surface area contributed by atoms with Gasteiger partial charge in [-0.05, 0) is 32.4 Å². The van der Waals surface area contributed by atoms with Crippen molar-refractivity contribution < 1.29 is 19.1 Å². The Bertz CT molecular complexity index is 471. The summed E-state index contributed by atoms with van der Waals surface area (Å²) in [4.78, 5) is 35.5. The van der Waals surface area contributed by atoms with E-state index in [0.717, 1.165) is 6.42 Å². The van der Waals surface area contributed by atoms with E-state index in [4.69, 9.17) is 4.74 Å². The van der Waals surface area contributed by atoms with E-state index in [1.165, 1.54) is 25.2 Å². The predicted octanol–water partition coefficient (Wildman–Crippen LogP) is 2.15. The molecule has 0 bridgehead atoms. The van der Waals surface area contributed by atoms with Crippen LogP contribution in [0, 0.1) is 5.92 Å². The van der Waals surface area contributed by atoms with E-state index in [9.17, 15) is 14.4 Å². The minimum absolute atomic E-state index is 0.512. The molecule has 0 aromatic carbocycles.